The lowest BCUT2D eigenvalue weighted by Gasteiger charge is -2.19. The molecule has 2 nitrogen and oxygen atoms in total. The maximum Gasteiger partial charge on any atom is 0.0335 e. The van der Waals surface area contributed by atoms with E-state index in [0.29, 0.717) is 5.92 Å². The van der Waals surface area contributed by atoms with Crippen molar-refractivity contribution in [1.29, 1.82) is 0 Å². The summed E-state index contributed by atoms with van der Waals surface area (Å²) in [6, 6.07) is 0.158. The summed E-state index contributed by atoms with van der Waals surface area (Å²) in [6.07, 6.45) is 12.8. The normalized spacial score (nSPS) is 22.6. The van der Waals surface area contributed by atoms with Crippen LogP contribution >= 0.6 is 0 Å². The molecular weight excluding hydrogens is 244 g/mol. The Balaban J connectivity index is 2.84. The lowest BCUT2D eigenvalue weighted by Crippen LogP contribution is -2.26. The number of hydrogen-bond donors (Lipinski definition) is 2. The van der Waals surface area contributed by atoms with Crippen molar-refractivity contribution in [2.75, 3.05) is 0 Å². The van der Waals surface area contributed by atoms with Crippen molar-refractivity contribution < 1.29 is 0 Å². The monoisotopic (exact) mass is 274 g/mol. The molecular formula is C18H30N2. The van der Waals surface area contributed by atoms with Gasteiger partial charge in [0.2, 0.25) is 0 Å². The second-order valence-corrected chi connectivity index (χ2v) is 5.55. The van der Waals surface area contributed by atoms with Crippen molar-refractivity contribution in [3.05, 3.63) is 46.7 Å². The molecule has 0 radical (unpaired) electrons. The molecule has 0 saturated carbocycles. The third-order valence-electron chi connectivity index (χ3n) is 4.16. The second-order valence-electron chi connectivity index (χ2n) is 5.55. The van der Waals surface area contributed by atoms with Crippen LogP contribution in [-0.2, 0) is 0 Å². The molecule has 4 N–H and O–H groups in total. The molecule has 1 aliphatic carbocycles. The molecule has 1 unspecified atom stereocenters. The Morgan fingerprint density at radius 2 is 1.85 bits per heavy atom. The fraction of sp³-hybridized carbons (Fsp3) is 0.556. The van der Waals surface area contributed by atoms with Gasteiger partial charge < -0.3 is 11.5 Å². The second kappa shape index (κ2) is 8.11. The summed E-state index contributed by atoms with van der Waals surface area (Å²) in [5.41, 5.74) is 17.3. The molecule has 0 aromatic rings. The quantitative estimate of drug-likeness (QED) is 0.713. The third-order valence-corrected chi connectivity index (χ3v) is 4.16. The van der Waals surface area contributed by atoms with Gasteiger partial charge in [0.05, 0.1) is 0 Å². The van der Waals surface area contributed by atoms with Crippen molar-refractivity contribution in [2.45, 2.75) is 59.4 Å². The maximum atomic E-state index is 6.31. The van der Waals surface area contributed by atoms with E-state index in [0.717, 1.165) is 31.4 Å². The van der Waals surface area contributed by atoms with Crippen molar-refractivity contribution in [3.8, 4) is 0 Å². The summed E-state index contributed by atoms with van der Waals surface area (Å²) >= 11 is 0. The Hall–Kier alpha value is -1.28. The number of rotatable bonds is 6. The molecule has 1 rings (SSSR count). The maximum absolute atomic E-state index is 6.31. The molecule has 20 heavy (non-hydrogen) atoms. The minimum absolute atomic E-state index is 0.158. The highest BCUT2D eigenvalue weighted by atomic mass is 14.6. The molecule has 0 bridgehead atoms. The summed E-state index contributed by atoms with van der Waals surface area (Å²) < 4.78 is 0. The SMILES string of the molecule is CCC(CC)=C(N)/C(=C\CC1=C[C@@H](C)C(N)C=C1)CC. The van der Waals surface area contributed by atoms with Gasteiger partial charge >= 0.3 is 0 Å². The Morgan fingerprint density at radius 3 is 2.35 bits per heavy atom. The van der Waals surface area contributed by atoms with E-state index in [1.807, 2.05) is 0 Å². The molecule has 0 fully saturated rings. The van der Waals surface area contributed by atoms with Crippen molar-refractivity contribution >= 4 is 0 Å². The van der Waals surface area contributed by atoms with Gasteiger partial charge in [-0.05, 0) is 48.3 Å². The highest BCUT2D eigenvalue weighted by molar-refractivity contribution is 5.36. The molecule has 2 atom stereocenters. The zero-order chi connectivity index (χ0) is 15.1. The summed E-state index contributed by atoms with van der Waals surface area (Å²) in [5, 5.41) is 0. The highest BCUT2D eigenvalue weighted by Crippen LogP contribution is 2.22. The van der Waals surface area contributed by atoms with Gasteiger partial charge in [-0.1, -0.05) is 52.0 Å². The van der Waals surface area contributed by atoms with Gasteiger partial charge in [-0.15, -0.1) is 0 Å². The van der Waals surface area contributed by atoms with Crippen LogP contribution in [-0.4, -0.2) is 6.04 Å². The molecule has 0 aliphatic heterocycles. The molecule has 0 heterocycles. The number of allylic oxidation sites excluding steroid dienone is 5. The van der Waals surface area contributed by atoms with Gasteiger partial charge in [-0.3, -0.25) is 0 Å². The van der Waals surface area contributed by atoms with Crippen molar-refractivity contribution in [2.24, 2.45) is 17.4 Å². The Kier molecular flexibility index (Phi) is 6.80. The van der Waals surface area contributed by atoms with Crippen LogP contribution in [0.2, 0.25) is 0 Å². The van der Waals surface area contributed by atoms with E-state index in [1.54, 1.807) is 0 Å². The number of hydrogen-bond acceptors (Lipinski definition) is 2. The van der Waals surface area contributed by atoms with Crippen LogP contribution in [0.15, 0.2) is 46.7 Å². The van der Waals surface area contributed by atoms with E-state index >= 15 is 0 Å². The number of nitrogens with two attached hydrogens (primary N) is 2. The van der Waals surface area contributed by atoms with Gasteiger partial charge in [0.15, 0.2) is 0 Å². The summed E-state index contributed by atoms with van der Waals surface area (Å²) in [6.45, 7) is 8.69. The fourth-order valence-corrected chi connectivity index (χ4v) is 2.59. The summed E-state index contributed by atoms with van der Waals surface area (Å²) in [5.74, 6) is 0.420. The third kappa shape index (κ3) is 4.38. The van der Waals surface area contributed by atoms with Crippen LogP contribution in [0.1, 0.15) is 53.4 Å². The topological polar surface area (TPSA) is 52.0 Å². The molecule has 0 aromatic carbocycles. The summed E-state index contributed by atoms with van der Waals surface area (Å²) in [7, 11) is 0. The van der Waals surface area contributed by atoms with Crippen LogP contribution in [0, 0.1) is 5.92 Å². The van der Waals surface area contributed by atoms with Gasteiger partial charge in [-0.25, -0.2) is 0 Å². The van der Waals surface area contributed by atoms with E-state index in [2.05, 4.69) is 52.0 Å². The Labute approximate surface area is 124 Å². The predicted molar refractivity (Wildman–Crippen MR) is 89.1 cm³/mol. The first-order valence-electron chi connectivity index (χ1n) is 7.84. The van der Waals surface area contributed by atoms with Crippen molar-refractivity contribution in [1.82, 2.24) is 0 Å². The van der Waals surface area contributed by atoms with Crippen LogP contribution < -0.4 is 11.5 Å². The van der Waals surface area contributed by atoms with E-state index in [1.165, 1.54) is 16.7 Å². The minimum atomic E-state index is 0.158. The van der Waals surface area contributed by atoms with E-state index in [4.69, 9.17) is 11.5 Å². The predicted octanol–water partition coefficient (Wildman–Crippen LogP) is 4.21. The molecule has 0 aromatic heterocycles. The molecule has 112 valence electrons. The van der Waals surface area contributed by atoms with E-state index in [-0.39, 0.29) is 6.04 Å². The zero-order valence-corrected chi connectivity index (χ0v) is 13.4. The molecule has 0 spiro atoms. The standard InChI is InChI=1S/C18H30N2/c1-5-15(6-2)18(20)16(7-3)10-8-14-9-11-17(19)13(4)12-14/h9-13,17H,5-8,19-20H2,1-4H3/b16-10-/t13-,17?/m1/s1. The zero-order valence-electron chi connectivity index (χ0n) is 13.4. The molecule has 0 saturated heterocycles. The molecule has 1 aliphatic rings. The lowest BCUT2D eigenvalue weighted by molar-refractivity contribution is 0.618. The van der Waals surface area contributed by atoms with Gasteiger partial charge in [0, 0.05) is 11.7 Å². The fourth-order valence-electron chi connectivity index (χ4n) is 2.59. The average molecular weight is 274 g/mol. The van der Waals surface area contributed by atoms with Crippen LogP contribution in [0.5, 0.6) is 0 Å². The first-order valence-corrected chi connectivity index (χ1v) is 7.84. The van der Waals surface area contributed by atoms with Gasteiger partial charge in [0.25, 0.3) is 0 Å². The van der Waals surface area contributed by atoms with Crippen LogP contribution in [0.4, 0.5) is 0 Å². The lowest BCUT2D eigenvalue weighted by atomic mass is 9.91. The first kappa shape index (κ1) is 16.8. The largest absolute Gasteiger partial charge is 0.399 e. The van der Waals surface area contributed by atoms with Gasteiger partial charge in [0.1, 0.15) is 0 Å². The molecule has 2 heteroatoms. The van der Waals surface area contributed by atoms with Crippen LogP contribution in [0.25, 0.3) is 0 Å². The Bertz CT molecular complexity index is 432. The van der Waals surface area contributed by atoms with Crippen LogP contribution in [0.3, 0.4) is 0 Å². The highest BCUT2D eigenvalue weighted by Gasteiger charge is 2.12. The first-order chi connectivity index (χ1) is 9.53. The van der Waals surface area contributed by atoms with Crippen molar-refractivity contribution in [3.63, 3.8) is 0 Å². The van der Waals surface area contributed by atoms with E-state index < -0.39 is 0 Å². The Morgan fingerprint density at radius 1 is 1.20 bits per heavy atom. The average Bonchev–Trinajstić information content (AvgIpc) is 2.44. The smallest absolute Gasteiger partial charge is 0.0335 e. The van der Waals surface area contributed by atoms with Gasteiger partial charge in [-0.2, -0.15) is 0 Å². The van der Waals surface area contributed by atoms with E-state index in [9.17, 15) is 0 Å². The minimum Gasteiger partial charge on any atom is -0.399 e. The summed E-state index contributed by atoms with van der Waals surface area (Å²) in [4.78, 5) is 0. The molecule has 0 amide bonds.